The van der Waals surface area contributed by atoms with Gasteiger partial charge in [0, 0.05) is 34.3 Å². The Hall–Kier alpha value is -1.85. The van der Waals surface area contributed by atoms with Crippen molar-refractivity contribution in [3.63, 3.8) is 0 Å². The molecule has 0 aromatic rings. The van der Waals surface area contributed by atoms with Crippen LogP contribution in [0.5, 0.6) is 0 Å². The van der Waals surface area contributed by atoms with Crippen molar-refractivity contribution in [1.29, 1.82) is 0 Å². The van der Waals surface area contributed by atoms with Gasteiger partial charge in [-0.2, -0.15) is 0 Å². The minimum absolute atomic E-state index is 0.146. The van der Waals surface area contributed by atoms with Crippen LogP contribution in [0.4, 0.5) is 0 Å². The molecule has 1 fully saturated rings. The maximum absolute atomic E-state index is 11.8. The number of rotatable bonds is 12. The summed E-state index contributed by atoms with van der Waals surface area (Å²) in [4.78, 5) is 46.5. The summed E-state index contributed by atoms with van der Waals surface area (Å²) in [6.45, 7) is 4.73. The van der Waals surface area contributed by atoms with Gasteiger partial charge in [-0.1, -0.05) is 12.8 Å². The normalized spacial score (nSPS) is 25.4. The molecule has 0 bridgehead atoms. The maximum atomic E-state index is 11.8. The van der Waals surface area contributed by atoms with Gasteiger partial charge in [0.05, 0.1) is 0 Å². The van der Waals surface area contributed by atoms with E-state index in [9.17, 15) is 19.2 Å². The number of carbonyl (C=O) groups is 4. The van der Waals surface area contributed by atoms with Crippen LogP contribution in [0, 0.1) is 0 Å². The molecule has 1 saturated heterocycles. The van der Waals surface area contributed by atoms with Gasteiger partial charge < -0.3 is 28.8 Å². The molecule has 0 aliphatic carbocycles. The highest BCUT2D eigenvalue weighted by Crippen LogP contribution is 2.34. The van der Waals surface area contributed by atoms with E-state index < -0.39 is 53.7 Å². The van der Waals surface area contributed by atoms with Crippen molar-refractivity contribution in [3.05, 3.63) is 0 Å². The van der Waals surface area contributed by atoms with Crippen LogP contribution >= 0.6 is 11.8 Å². The van der Waals surface area contributed by atoms with Gasteiger partial charge in [-0.05, 0) is 18.6 Å². The highest BCUT2D eigenvalue weighted by molar-refractivity contribution is 7.99. The molecular formula is C20H32O10S. The van der Waals surface area contributed by atoms with E-state index in [0.29, 0.717) is 5.75 Å². The molecule has 10 nitrogen and oxygen atoms in total. The number of hydrogen-bond acceptors (Lipinski definition) is 11. The summed E-state index contributed by atoms with van der Waals surface area (Å²) in [6, 6.07) is 0. The fourth-order valence-corrected chi connectivity index (χ4v) is 4.31. The van der Waals surface area contributed by atoms with Crippen LogP contribution in [0.1, 0.15) is 53.4 Å². The third-order valence-electron chi connectivity index (χ3n) is 4.28. The Morgan fingerprint density at radius 3 is 1.87 bits per heavy atom. The Balaban J connectivity index is 3.07. The summed E-state index contributed by atoms with van der Waals surface area (Å²) in [6.07, 6.45) is -0.869. The number of aliphatic hydroxyl groups excluding tert-OH is 1. The second-order valence-corrected chi connectivity index (χ2v) is 8.28. The van der Waals surface area contributed by atoms with Crippen molar-refractivity contribution in [2.24, 2.45) is 0 Å². The molecule has 0 saturated carbocycles. The van der Waals surface area contributed by atoms with Crippen molar-refractivity contribution in [2.45, 2.75) is 83.2 Å². The second kappa shape index (κ2) is 14.3. The summed E-state index contributed by atoms with van der Waals surface area (Å²) >= 11 is 1.36. The van der Waals surface area contributed by atoms with Crippen LogP contribution < -0.4 is 0 Å². The van der Waals surface area contributed by atoms with Gasteiger partial charge >= 0.3 is 23.9 Å². The zero-order valence-corrected chi connectivity index (χ0v) is 19.2. The fraction of sp³-hybridized carbons (Fsp3) is 0.800. The molecule has 1 aliphatic rings. The fourth-order valence-electron chi connectivity index (χ4n) is 3.09. The molecular weight excluding hydrogens is 432 g/mol. The molecule has 5 atom stereocenters. The largest absolute Gasteiger partial charge is 0.463 e. The van der Waals surface area contributed by atoms with E-state index in [-0.39, 0.29) is 13.2 Å². The van der Waals surface area contributed by atoms with Crippen LogP contribution in [-0.4, -0.2) is 77.8 Å². The van der Waals surface area contributed by atoms with Crippen molar-refractivity contribution in [1.82, 2.24) is 0 Å². The average Bonchev–Trinajstić information content (AvgIpc) is 2.66. The first-order chi connectivity index (χ1) is 14.6. The van der Waals surface area contributed by atoms with Crippen molar-refractivity contribution < 1.29 is 48.0 Å². The van der Waals surface area contributed by atoms with E-state index in [1.807, 2.05) is 0 Å². The predicted molar refractivity (Wildman–Crippen MR) is 110 cm³/mol. The molecule has 1 aliphatic heterocycles. The lowest BCUT2D eigenvalue weighted by atomic mass is 9.99. The van der Waals surface area contributed by atoms with Gasteiger partial charge in [0.25, 0.3) is 0 Å². The first-order valence-electron chi connectivity index (χ1n) is 10.2. The summed E-state index contributed by atoms with van der Waals surface area (Å²) in [5.74, 6) is -1.82. The summed E-state index contributed by atoms with van der Waals surface area (Å²) in [5, 5.41) is 8.87. The van der Waals surface area contributed by atoms with Gasteiger partial charge in [0.1, 0.15) is 18.1 Å². The first kappa shape index (κ1) is 27.2. The van der Waals surface area contributed by atoms with Crippen molar-refractivity contribution in [3.8, 4) is 0 Å². The van der Waals surface area contributed by atoms with Crippen LogP contribution in [0.15, 0.2) is 0 Å². The Morgan fingerprint density at radius 1 is 0.774 bits per heavy atom. The van der Waals surface area contributed by atoms with Gasteiger partial charge in [0.2, 0.25) is 0 Å². The van der Waals surface area contributed by atoms with E-state index >= 15 is 0 Å². The molecule has 0 spiro atoms. The van der Waals surface area contributed by atoms with Gasteiger partial charge in [0.15, 0.2) is 18.3 Å². The van der Waals surface area contributed by atoms with Gasteiger partial charge in [-0.15, -0.1) is 11.8 Å². The zero-order valence-electron chi connectivity index (χ0n) is 18.4. The molecule has 0 aromatic carbocycles. The van der Waals surface area contributed by atoms with Crippen molar-refractivity contribution in [2.75, 3.05) is 19.0 Å². The third kappa shape index (κ3) is 10.3. The second-order valence-electron chi connectivity index (χ2n) is 7.08. The van der Waals surface area contributed by atoms with Crippen LogP contribution in [0.2, 0.25) is 0 Å². The van der Waals surface area contributed by atoms with Crippen LogP contribution in [-0.2, 0) is 42.9 Å². The molecule has 1 heterocycles. The Morgan fingerprint density at radius 2 is 1.32 bits per heavy atom. The molecule has 1 N–H and O–H groups in total. The minimum Gasteiger partial charge on any atom is -0.463 e. The minimum atomic E-state index is -1.13. The molecule has 11 heteroatoms. The number of unbranched alkanes of at least 4 members (excludes halogenated alkanes) is 3. The summed E-state index contributed by atoms with van der Waals surface area (Å²) < 4.78 is 27.2. The average molecular weight is 465 g/mol. The molecule has 1 rings (SSSR count). The predicted octanol–water partition coefficient (Wildman–Crippen LogP) is 1.36. The lowest BCUT2D eigenvalue weighted by Gasteiger charge is -2.44. The Kier molecular flexibility index (Phi) is 12.5. The topological polar surface area (TPSA) is 135 Å². The number of hydrogen-bond donors (Lipinski definition) is 1. The number of ether oxygens (including phenoxy) is 5. The number of carbonyl (C=O) groups excluding carboxylic acids is 4. The quantitative estimate of drug-likeness (QED) is 0.255. The molecule has 0 unspecified atom stereocenters. The van der Waals surface area contributed by atoms with E-state index in [2.05, 4.69) is 0 Å². The molecule has 31 heavy (non-hydrogen) atoms. The molecule has 178 valence electrons. The molecule has 0 radical (unpaired) electrons. The summed E-state index contributed by atoms with van der Waals surface area (Å²) in [7, 11) is 0. The molecule has 0 amide bonds. The first-order valence-corrected chi connectivity index (χ1v) is 11.2. The smallest absolute Gasteiger partial charge is 0.303 e. The number of esters is 4. The summed E-state index contributed by atoms with van der Waals surface area (Å²) in [5.41, 5.74) is -0.738. The number of thioether (sulfide) groups is 1. The standard InChI is InChI=1S/C20H32O10S/c1-12(22)26-11-16-17(27-13(2)23)18(28-14(3)24)19(29-15(4)25)20(30-16)31-10-8-6-5-7-9-21/h16-21H,5-11H2,1-4H3/t16-,17-,18+,19+,20-/m1/s1. The van der Waals surface area contributed by atoms with E-state index in [0.717, 1.165) is 25.7 Å². The maximum Gasteiger partial charge on any atom is 0.303 e. The monoisotopic (exact) mass is 464 g/mol. The zero-order chi connectivity index (χ0) is 23.4. The number of aliphatic hydroxyl groups is 1. The lowest BCUT2D eigenvalue weighted by molar-refractivity contribution is -0.237. The van der Waals surface area contributed by atoms with E-state index in [4.69, 9.17) is 28.8 Å². The third-order valence-corrected chi connectivity index (χ3v) is 5.52. The van der Waals surface area contributed by atoms with Crippen LogP contribution in [0.3, 0.4) is 0 Å². The lowest BCUT2D eigenvalue weighted by Crippen LogP contribution is -2.61. The van der Waals surface area contributed by atoms with E-state index in [1.165, 1.54) is 39.5 Å². The van der Waals surface area contributed by atoms with E-state index in [1.54, 1.807) is 0 Å². The highest BCUT2D eigenvalue weighted by atomic mass is 32.2. The Bertz CT molecular complexity index is 611. The van der Waals surface area contributed by atoms with Gasteiger partial charge in [-0.25, -0.2) is 0 Å². The van der Waals surface area contributed by atoms with Gasteiger partial charge in [-0.3, -0.25) is 19.2 Å². The molecule has 0 aromatic heterocycles. The van der Waals surface area contributed by atoms with Crippen molar-refractivity contribution >= 4 is 35.6 Å². The highest BCUT2D eigenvalue weighted by Gasteiger charge is 2.52. The SMILES string of the molecule is CC(=O)OC[C@H]1O[C@H](SCCCCCCO)[C@@H](OC(C)=O)[C@@H](OC(C)=O)[C@@H]1OC(C)=O. The Labute approximate surface area is 186 Å². The van der Waals surface area contributed by atoms with Crippen LogP contribution in [0.25, 0.3) is 0 Å².